The lowest BCUT2D eigenvalue weighted by molar-refractivity contribution is -0.154. The first-order valence-electron chi connectivity index (χ1n) is 5.75. The maximum Gasteiger partial charge on any atom is 0.313 e. The van der Waals surface area contributed by atoms with E-state index < -0.39 is 0 Å². The van der Waals surface area contributed by atoms with Crippen LogP contribution < -0.4 is 0 Å². The molecule has 0 radical (unpaired) electrons. The minimum absolute atomic E-state index is 0.0631. The number of cyclic esters (lactones) is 1. The van der Waals surface area contributed by atoms with E-state index in [9.17, 15) is 4.79 Å². The molecule has 2 heteroatoms. The van der Waals surface area contributed by atoms with Gasteiger partial charge in [0.2, 0.25) is 0 Å². The highest BCUT2D eigenvalue weighted by atomic mass is 16.6. The third-order valence-corrected chi connectivity index (χ3v) is 4.49. The van der Waals surface area contributed by atoms with E-state index >= 15 is 0 Å². The van der Waals surface area contributed by atoms with Crippen molar-refractivity contribution in [3.8, 4) is 0 Å². The quantitative estimate of drug-likeness (QED) is 0.554. The fraction of sp³-hybridized carbons (Fsp3) is 0.917. The zero-order valence-electron chi connectivity index (χ0n) is 9.01. The molecule has 2 bridgehead atoms. The van der Waals surface area contributed by atoms with Crippen molar-refractivity contribution in [2.45, 2.75) is 51.6 Å². The number of fused-ring (bicyclic) bond motifs is 3. The fourth-order valence-electron chi connectivity index (χ4n) is 4.13. The molecule has 14 heavy (non-hydrogen) atoms. The van der Waals surface area contributed by atoms with E-state index in [4.69, 9.17) is 4.74 Å². The molecule has 1 aliphatic heterocycles. The average Bonchev–Trinajstić information content (AvgIpc) is 2.65. The number of carbonyl (C=O) groups is 1. The highest BCUT2D eigenvalue weighted by Gasteiger charge is 2.62. The third-order valence-electron chi connectivity index (χ3n) is 4.49. The zero-order chi connectivity index (χ0) is 9.97. The van der Waals surface area contributed by atoms with Crippen LogP contribution in [-0.2, 0) is 9.53 Å². The van der Waals surface area contributed by atoms with Crippen LogP contribution in [0, 0.1) is 17.3 Å². The van der Waals surface area contributed by atoms with Crippen molar-refractivity contribution in [1.82, 2.24) is 0 Å². The van der Waals surface area contributed by atoms with Crippen LogP contribution in [0.4, 0.5) is 0 Å². The summed E-state index contributed by atoms with van der Waals surface area (Å²) in [5.41, 5.74) is -0.270. The second-order valence-electron chi connectivity index (χ2n) is 6.06. The summed E-state index contributed by atoms with van der Waals surface area (Å²) in [6.07, 6.45) is 5.96. The molecule has 1 saturated heterocycles. The van der Waals surface area contributed by atoms with Crippen molar-refractivity contribution in [3.05, 3.63) is 0 Å². The first kappa shape index (κ1) is 8.75. The van der Waals surface area contributed by atoms with Crippen molar-refractivity contribution >= 4 is 5.97 Å². The molecule has 3 unspecified atom stereocenters. The largest absolute Gasteiger partial charge is 0.459 e. The summed E-state index contributed by atoms with van der Waals surface area (Å²) in [6, 6.07) is 0. The molecule has 0 N–H and O–H groups in total. The molecule has 2 aliphatic carbocycles. The Morgan fingerprint density at radius 3 is 2.57 bits per heavy atom. The van der Waals surface area contributed by atoms with E-state index in [2.05, 4.69) is 0 Å². The molecule has 3 rings (SSSR count). The molecule has 3 aliphatic rings. The number of rotatable bonds is 0. The summed E-state index contributed by atoms with van der Waals surface area (Å²) in [5.74, 6) is 1.57. The fourth-order valence-corrected chi connectivity index (χ4v) is 4.13. The smallest absolute Gasteiger partial charge is 0.313 e. The minimum Gasteiger partial charge on any atom is -0.459 e. The van der Waals surface area contributed by atoms with Crippen molar-refractivity contribution in [2.75, 3.05) is 0 Å². The Labute approximate surface area is 85.0 Å². The van der Waals surface area contributed by atoms with Gasteiger partial charge in [0.25, 0.3) is 0 Å². The third kappa shape index (κ3) is 0.945. The van der Waals surface area contributed by atoms with Gasteiger partial charge in [-0.15, -0.1) is 0 Å². The second kappa shape index (κ2) is 2.34. The first-order chi connectivity index (χ1) is 6.52. The highest BCUT2D eigenvalue weighted by Crippen LogP contribution is 2.62. The Kier molecular flexibility index (Phi) is 1.46. The van der Waals surface area contributed by atoms with E-state index in [1.54, 1.807) is 0 Å². The van der Waals surface area contributed by atoms with Gasteiger partial charge in [-0.1, -0.05) is 6.42 Å². The topological polar surface area (TPSA) is 26.3 Å². The number of hydrogen-bond acceptors (Lipinski definition) is 2. The Hall–Kier alpha value is -0.530. The normalized spacial score (nSPS) is 48.9. The maximum atomic E-state index is 12.0. The molecule has 0 aromatic carbocycles. The van der Waals surface area contributed by atoms with Gasteiger partial charge in [0.1, 0.15) is 5.60 Å². The van der Waals surface area contributed by atoms with Crippen molar-refractivity contribution in [2.24, 2.45) is 17.3 Å². The summed E-state index contributed by atoms with van der Waals surface area (Å²) in [6.45, 7) is 4.09. The molecule has 1 spiro atoms. The van der Waals surface area contributed by atoms with Gasteiger partial charge in [-0.05, 0) is 44.9 Å². The van der Waals surface area contributed by atoms with Crippen LogP contribution in [0.25, 0.3) is 0 Å². The molecular weight excluding hydrogens is 176 g/mol. The molecule has 2 saturated carbocycles. The van der Waals surface area contributed by atoms with Gasteiger partial charge >= 0.3 is 5.97 Å². The Bertz CT molecular complexity index is 295. The molecule has 1 heterocycles. The van der Waals surface area contributed by atoms with E-state index in [1.807, 2.05) is 13.8 Å². The van der Waals surface area contributed by atoms with Crippen molar-refractivity contribution < 1.29 is 9.53 Å². The predicted octanol–water partition coefficient (Wildman–Crippen LogP) is 2.52. The Morgan fingerprint density at radius 2 is 2.14 bits per heavy atom. The van der Waals surface area contributed by atoms with E-state index in [1.165, 1.54) is 19.3 Å². The van der Waals surface area contributed by atoms with Gasteiger partial charge < -0.3 is 4.74 Å². The lowest BCUT2D eigenvalue weighted by atomic mass is 9.69. The van der Waals surface area contributed by atoms with Gasteiger partial charge in [-0.25, -0.2) is 0 Å². The van der Waals surface area contributed by atoms with Crippen LogP contribution in [0.2, 0.25) is 0 Å². The molecular formula is C12H18O2. The van der Waals surface area contributed by atoms with Gasteiger partial charge in [0, 0.05) is 6.42 Å². The first-order valence-corrected chi connectivity index (χ1v) is 5.75. The summed E-state index contributed by atoms with van der Waals surface area (Å²) >= 11 is 0. The molecule has 2 nitrogen and oxygen atoms in total. The number of esters is 1. The van der Waals surface area contributed by atoms with Crippen LogP contribution in [0.5, 0.6) is 0 Å². The summed E-state index contributed by atoms with van der Waals surface area (Å²) in [4.78, 5) is 12.0. The minimum atomic E-state index is -0.207. The number of hydrogen-bond donors (Lipinski definition) is 0. The second-order valence-corrected chi connectivity index (χ2v) is 6.06. The van der Waals surface area contributed by atoms with Crippen LogP contribution in [0.15, 0.2) is 0 Å². The summed E-state index contributed by atoms with van der Waals surface area (Å²) < 4.78 is 5.50. The van der Waals surface area contributed by atoms with Crippen molar-refractivity contribution in [3.63, 3.8) is 0 Å². The summed E-state index contributed by atoms with van der Waals surface area (Å²) in [5, 5.41) is 0. The number of carbonyl (C=O) groups excluding carboxylic acids is 1. The monoisotopic (exact) mass is 194 g/mol. The van der Waals surface area contributed by atoms with Gasteiger partial charge in [-0.2, -0.15) is 0 Å². The maximum absolute atomic E-state index is 12.0. The lowest BCUT2D eigenvalue weighted by Crippen LogP contribution is -2.32. The van der Waals surface area contributed by atoms with E-state index in [0.29, 0.717) is 5.92 Å². The van der Waals surface area contributed by atoms with Crippen molar-refractivity contribution in [1.29, 1.82) is 0 Å². The average molecular weight is 194 g/mol. The van der Waals surface area contributed by atoms with Crippen LogP contribution in [0.3, 0.4) is 0 Å². The predicted molar refractivity (Wildman–Crippen MR) is 52.7 cm³/mol. The highest BCUT2D eigenvalue weighted by molar-refractivity contribution is 5.80. The van der Waals surface area contributed by atoms with Crippen LogP contribution >= 0.6 is 0 Å². The van der Waals surface area contributed by atoms with Crippen LogP contribution in [0.1, 0.15) is 46.0 Å². The molecule has 3 fully saturated rings. The molecule has 0 amide bonds. The van der Waals surface area contributed by atoms with Gasteiger partial charge in [-0.3, -0.25) is 4.79 Å². The molecule has 78 valence electrons. The Balaban J connectivity index is 1.95. The van der Waals surface area contributed by atoms with E-state index in [0.717, 1.165) is 18.8 Å². The lowest BCUT2D eigenvalue weighted by Gasteiger charge is -2.29. The SMILES string of the molecule is CC1(C)CC2(CC3CCC2C3)C(=O)O1. The Morgan fingerprint density at radius 1 is 1.36 bits per heavy atom. The number of ether oxygens (including phenoxy) is 1. The standard InChI is InChI=1S/C12H18O2/c1-11(2)7-12(10(13)14-11)6-8-3-4-9(12)5-8/h8-9H,3-7H2,1-2H3. The summed E-state index contributed by atoms with van der Waals surface area (Å²) in [7, 11) is 0. The van der Waals surface area contributed by atoms with Gasteiger partial charge in [0.05, 0.1) is 5.41 Å². The molecule has 3 atom stereocenters. The molecule has 0 aromatic heterocycles. The van der Waals surface area contributed by atoms with E-state index in [-0.39, 0.29) is 17.0 Å². The van der Waals surface area contributed by atoms with Gasteiger partial charge in [0.15, 0.2) is 0 Å². The zero-order valence-corrected chi connectivity index (χ0v) is 9.01. The van der Waals surface area contributed by atoms with Crippen LogP contribution in [-0.4, -0.2) is 11.6 Å². The molecule has 0 aromatic rings.